The topological polar surface area (TPSA) is 150 Å². The van der Waals surface area contributed by atoms with E-state index in [0.717, 1.165) is 11.1 Å². The first kappa shape index (κ1) is 29.0. The highest BCUT2D eigenvalue weighted by molar-refractivity contribution is 9.10. The molecule has 2 aliphatic rings. The maximum atomic E-state index is 13.2. The second kappa shape index (κ2) is 10.5. The summed E-state index contributed by atoms with van der Waals surface area (Å²) in [7, 11) is 1.39. The maximum Gasteiger partial charge on any atom is 0.351 e. The van der Waals surface area contributed by atoms with Gasteiger partial charge in [-0.05, 0) is 66.9 Å². The van der Waals surface area contributed by atoms with Crippen LogP contribution in [0.5, 0.6) is 5.75 Å². The van der Waals surface area contributed by atoms with Crippen LogP contribution in [-0.2, 0) is 39.6 Å². The molecule has 0 spiro atoms. The van der Waals surface area contributed by atoms with Crippen molar-refractivity contribution in [2.24, 2.45) is 0 Å². The number of carbonyl (C=O) groups excluding carboxylic acids is 2. The van der Waals surface area contributed by atoms with Gasteiger partial charge in [-0.15, -0.1) is 0 Å². The highest BCUT2D eigenvalue weighted by atomic mass is 79.9. The zero-order valence-electron chi connectivity index (χ0n) is 22.8. The summed E-state index contributed by atoms with van der Waals surface area (Å²) in [5.74, 6) is -0.932. The number of esters is 2. The molecule has 2 aromatic rings. The van der Waals surface area contributed by atoms with Crippen molar-refractivity contribution in [1.29, 1.82) is 0 Å². The molecule has 212 valence electrons. The summed E-state index contributed by atoms with van der Waals surface area (Å²) in [5.41, 5.74) is 1.02. The molecule has 0 radical (unpaired) electrons. The number of rotatable bonds is 7. The molecule has 3 heterocycles. The van der Waals surface area contributed by atoms with Crippen LogP contribution in [-0.4, -0.2) is 58.6 Å². The number of carbonyl (C=O) groups is 2. The van der Waals surface area contributed by atoms with Crippen molar-refractivity contribution in [2.45, 2.75) is 77.2 Å². The van der Waals surface area contributed by atoms with Crippen molar-refractivity contribution in [2.75, 3.05) is 19.0 Å². The van der Waals surface area contributed by atoms with Crippen LogP contribution in [0.1, 0.15) is 58.9 Å². The molecule has 2 aliphatic heterocycles. The summed E-state index contributed by atoms with van der Waals surface area (Å²) in [6.07, 6.45) is -2.27. The van der Waals surface area contributed by atoms with E-state index in [1.54, 1.807) is 6.07 Å². The molecule has 1 aromatic heterocycles. The summed E-state index contributed by atoms with van der Waals surface area (Å²) in [6, 6.07) is 3.55. The largest absolute Gasteiger partial charge is 0.506 e. The van der Waals surface area contributed by atoms with Crippen LogP contribution >= 0.6 is 15.9 Å². The van der Waals surface area contributed by atoms with E-state index in [4.69, 9.17) is 18.9 Å². The molecule has 1 aromatic carbocycles. The number of phenols is 1. The van der Waals surface area contributed by atoms with Gasteiger partial charge in [0.1, 0.15) is 24.6 Å². The van der Waals surface area contributed by atoms with Gasteiger partial charge in [-0.2, -0.15) is 4.98 Å². The van der Waals surface area contributed by atoms with Gasteiger partial charge >= 0.3 is 17.6 Å². The lowest BCUT2D eigenvalue weighted by Crippen LogP contribution is -2.40. The van der Waals surface area contributed by atoms with Crippen LogP contribution in [0.15, 0.2) is 27.6 Å². The van der Waals surface area contributed by atoms with Gasteiger partial charge in [-0.1, -0.05) is 0 Å². The van der Waals surface area contributed by atoms with Crippen molar-refractivity contribution < 1.29 is 33.6 Å². The first-order valence-corrected chi connectivity index (χ1v) is 13.2. The van der Waals surface area contributed by atoms with E-state index in [0.29, 0.717) is 10.2 Å². The maximum absolute atomic E-state index is 13.2. The van der Waals surface area contributed by atoms with Crippen LogP contribution in [0.2, 0.25) is 0 Å². The van der Waals surface area contributed by atoms with Crippen molar-refractivity contribution in [3.8, 4) is 5.75 Å². The average Bonchev–Trinajstić information content (AvgIpc) is 3.24. The first-order chi connectivity index (χ1) is 18.1. The fourth-order valence-corrected chi connectivity index (χ4v) is 5.74. The van der Waals surface area contributed by atoms with Crippen molar-refractivity contribution in [3.63, 3.8) is 0 Å². The number of fused-ring (bicyclic) bond motifs is 1. The molecule has 0 aliphatic carbocycles. The Hall–Kier alpha value is -3.00. The van der Waals surface area contributed by atoms with Gasteiger partial charge in [0.25, 0.3) is 0 Å². The molecule has 13 heteroatoms. The summed E-state index contributed by atoms with van der Waals surface area (Å²) in [5, 5.41) is 17.4. The molecule has 39 heavy (non-hydrogen) atoms. The number of phenolic OH excluding ortho intramolecular Hbond substituents is 1. The van der Waals surface area contributed by atoms with E-state index < -0.39 is 42.2 Å². The highest BCUT2D eigenvalue weighted by Crippen LogP contribution is 2.45. The molecule has 12 nitrogen and oxygen atoms in total. The molecule has 1 fully saturated rings. The third-order valence-corrected chi connectivity index (χ3v) is 7.43. The SMILES string of the molecule is CO[C@@H]1[C@H](OC(C)=O)[C@@H](COC(C)=O)O[C@H]1n1cc(Br)c(Nc2cc3c(cc2O)C(C)(C)NC3(C)C)nc1=O. The fraction of sp³-hybridized carbons (Fsp3) is 0.538. The normalized spacial score (nSPS) is 24.7. The van der Waals surface area contributed by atoms with Crippen molar-refractivity contribution in [3.05, 3.63) is 44.4 Å². The van der Waals surface area contributed by atoms with Gasteiger partial charge in [0.2, 0.25) is 0 Å². The summed E-state index contributed by atoms with van der Waals surface area (Å²) >= 11 is 3.45. The second-order valence-corrected chi connectivity index (χ2v) is 11.5. The third-order valence-electron chi connectivity index (χ3n) is 6.85. The molecule has 3 N–H and O–H groups in total. The zero-order valence-corrected chi connectivity index (χ0v) is 24.4. The number of aromatic hydroxyl groups is 1. The first-order valence-electron chi connectivity index (χ1n) is 12.4. The molecule has 4 rings (SSSR count). The molecule has 1 saturated heterocycles. The number of hydrogen-bond acceptors (Lipinski definition) is 11. The second-order valence-electron chi connectivity index (χ2n) is 10.7. The minimum Gasteiger partial charge on any atom is -0.506 e. The van der Waals surface area contributed by atoms with Crippen LogP contribution in [0, 0.1) is 0 Å². The lowest BCUT2D eigenvalue weighted by atomic mass is 9.90. The van der Waals surface area contributed by atoms with Gasteiger partial charge in [0, 0.05) is 38.2 Å². The number of methoxy groups -OCH3 is 1. The van der Waals surface area contributed by atoms with Crippen molar-refractivity contribution in [1.82, 2.24) is 14.9 Å². The van der Waals surface area contributed by atoms with Gasteiger partial charge in [0.15, 0.2) is 18.1 Å². The average molecular weight is 609 g/mol. The number of nitrogens with one attached hydrogen (secondary N) is 2. The number of nitrogens with zero attached hydrogens (tertiary/aromatic N) is 2. The molecule has 0 unspecified atom stereocenters. The predicted octanol–water partition coefficient (Wildman–Crippen LogP) is 2.94. The van der Waals surface area contributed by atoms with Gasteiger partial charge in [-0.3, -0.25) is 19.5 Å². The Bertz CT molecular complexity index is 1360. The summed E-state index contributed by atoms with van der Waals surface area (Å²) in [6.45, 7) is 10.5. The lowest BCUT2D eigenvalue weighted by Gasteiger charge is -2.25. The molecular weight excluding hydrogens is 576 g/mol. The smallest absolute Gasteiger partial charge is 0.351 e. The Kier molecular flexibility index (Phi) is 7.83. The minimum atomic E-state index is -1.03. The van der Waals surface area contributed by atoms with E-state index in [2.05, 4.69) is 45.4 Å². The quantitative estimate of drug-likeness (QED) is 0.314. The number of anilines is 2. The van der Waals surface area contributed by atoms with Gasteiger partial charge < -0.3 is 29.4 Å². The highest BCUT2D eigenvalue weighted by Gasteiger charge is 2.49. The van der Waals surface area contributed by atoms with Gasteiger partial charge in [0.05, 0.1) is 10.2 Å². The molecule has 4 atom stereocenters. The fourth-order valence-electron chi connectivity index (χ4n) is 5.33. The Balaban J connectivity index is 1.65. The lowest BCUT2D eigenvalue weighted by molar-refractivity contribution is -0.157. The monoisotopic (exact) mass is 608 g/mol. The Morgan fingerprint density at radius 2 is 1.79 bits per heavy atom. The summed E-state index contributed by atoms with van der Waals surface area (Å²) in [4.78, 5) is 40.4. The Morgan fingerprint density at radius 3 is 2.38 bits per heavy atom. The summed E-state index contributed by atoms with van der Waals surface area (Å²) < 4.78 is 23.6. The molecule has 0 amide bonds. The van der Waals surface area contributed by atoms with E-state index in [-0.39, 0.29) is 29.3 Å². The van der Waals surface area contributed by atoms with Crippen LogP contribution < -0.4 is 16.3 Å². The van der Waals surface area contributed by atoms with E-state index >= 15 is 0 Å². The number of halogens is 1. The molecule has 0 bridgehead atoms. The zero-order chi connectivity index (χ0) is 28.9. The number of ether oxygens (including phenoxy) is 4. The predicted molar refractivity (Wildman–Crippen MR) is 144 cm³/mol. The van der Waals surface area contributed by atoms with E-state index in [9.17, 15) is 19.5 Å². The Labute approximate surface area is 234 Å². The van der Waals surface area contributed by atoms with Crippen LogP contribution in [0.25, 0.3) is 0 Å². The number of aromatic nitrogens is 2. The van der Waals surface area contributed by atoms with Crippen LogP contribution in [0.3, 0.4) is 0 Å². The number of benzene rings is 1. The Morgan fingerprint density at radius 1 is 1.15 bits per heavy atom. The van der Waals surface area contributed by atoms with Crippen molar-refractivity contribution >= 4 is 39.4 Å². The molecular formula is C26H33BrN4O8. The molecule has 0 saturated carbocycles. The third kappa shape index (κ3) is 5.67. The minimum absolute atomic E-state index is 0.00955. The van der Waals surface area contributed by atoms with E-state index in [1.807, 2.05) is 19.9 Å². The number of hydrogen-bond donors (Lipinski definition) is 3. The van der Waals surface area contributed by atoms with E-state index in [1.165, 1.54) is 31.7 Å². The van der Waals surface area contributed by atoms with Crippen LogP contribution in [0.4, 0.5) is 11.5 Å². The standard InChI is InChI=1S/C26H33BrN4O8/c1-12(32)37-11-19-20(38-13(2)33)21(36-7)23(39-19)31-10-16(27)22(29-24(31)35)28-17-8-14-15(9-18(17)34)26(5,6)30-25(14,3)4/h8-10,19-21,23,30,34H,11H2,1-7H3,(H,28,29,35)/t19-,20-,21-,23-/m1/s1. The van der Waals surface area contributed by atoms with Gasteiger partial charge in [-0.25, -0.2) is 4.79 Å².